The fourth-order valence-electron chi connectivity index (χ4n) is 0.930. The highest BCUT2D eigenvalue weighted by Crippen LogP contribution is 2.65. The predicted molar refractivity (Wildman–Crippen MR) is 52.2 cm³/mol. The van der Waals surface area contributed by atoms with Gasteiger partial charge < -0.3 is 24.7 Å². The van der Waals surface area contributed by atoms with Crippen molar-refractivity contribution in [3.05, 3.63) is 23.8 Å². The zero-order valence-electron chi connectivity index (χ0n) is 7.57. The van der Waals surface area contributed by atoms with Crippen molar-refractivity contribution < 1.29 is 33.8 Å². The molecule has 90 valence electrons. The highest BCUT2D eigenvalue weighted by Gasteiger charge is 2.41. The summed E-state index contributed by atoms with van der Waals surface area (Å²) in [4.78, 5) is 38.5. The molecule has 0 aliphatic carbocycles. The van der Waals surface area contributed by atoms with Crippen molar-refractivity contribution in [2.75, 3.05) is 0 Å². The lowest BCUT2D eigenvalue weighted by Gasteiger charge is -2.13. The minimum Gasteiger partial charge on any atom is -0.493 e. The van der Waals surface area contributed by atoms with Crippen LogP contribution < -0.4 is 0 Å². The molecule has 0 aliphatic heterocycles. The van der Waals surface area contributed by atoms with E-state index in [-0.39, 0.29) is 0 Å². The Labute approximate surface area is 89.0 Å². The summed E-state index contributed by atoms with van der Waals surface area (Å²) < 4.78 is 22.4. The van der Waals surface area contributed by atoms with E-state index in [1.165, 1.54) is 0 Å². The van der Waals surface area contributed by atoms with E-state index in [0.717, 1.165) is 18.7 Å². The third kappa shape index (κ3) is 2.79. The smallest absolute Gasteiger partial charge is 0.369 e. The SMILES string of the molecule is O=P(O)(O)C(=C(O)n1ccnc1)P(=O)(O)O. The number of nitrogens with zero attached hydrogens (tertiary/aromatic N) is 2. The van der Waals surface area contributed by atoms with Crippen LogP contribution in [0.2, 0.25) is 0 Å². The molecular weight excluding hydrogens is 262 g/mol. The van der Waals surface area contributed by atoms with Gasteiger partial charge in [0, 0.05) is 12.4 Å². The molecule has 0 amide bonds. The molecule has 5 N–H and O–H groups in total. The van der Waals surface area contributed by atoms with Gasteiger partial charge in [0.2, 0.25) is 10.9 Å². The summed E-state index contributed by atoms with van der Waals surface area (Å²) in [6.45, 7) is 0. The lowest BCUT2D eigenvalue weighted by molar-refractivity contribution is 0.363. The fourth-order valence-corrected chi connectivity index (χ4v) is 3.04. The minimum absolute atomic E-state index is 0.674. The Hall–Kier alpha value is -0.950. The second-order valence-electron chi connectivity index (χ2n) is 2.71. The van der Waals surface area contributed by atoms with Crippen molar-refractivity contribution in [1.29, 1.82) is 0 Å². The third-order valence-corrected chi connectivity index (χ3v) is 4.57. The number of hydrogen-bond donors (Lipinski definition) is 5. The fraction of sp³-hybridized carbons (Fsp3) is 0. The van der Waals surface area contributed by atoms with Crippen molar-refractivity contribution in [2.24, 2.45) is 0 Å². The second-order valence-corrected chi connectivity index (χ2v) is 6.13. The third-order valence-electron chi connectivity index (χ3n) is 1.50. The van der Waals surface area contributed by atoms with E-state index in [0.29, 0.717) is 4.57 Å². The maximum atomic E-state index is 10.9. The zero-order chi connectivity index (χ0) is 12.6. The summed E-state index contributed by atoms with van der Waals surface area (Å²) >= 11 is 0. The topological polar surface area (TPSA) is 153 Å². The van der Waals surface area contributed by atoms with Crippen LogP contribution in [-0.4, -0.2) is 34.2 Å². The second kappa shape index (κ2) is 4.14. The molecule has 0 saturated heterocycles. The van der Waals surface area contributed by atoms with E-state index in [1.54, 1.807) is 0 Å². The van der Waals surface area contributed by atoms with Crippen molar-refractivity contribution in [1.82, 2.24) is 9.55 Å². The Morgan fingerprint density at radius 2 is 1.62 bits per heavy atom. The summed E-state index contributed by atoms with van der Waals surface area (Å²) in [5, 5.41) is 7.72. The van der Waals surface area contributed by atoms with Gasteiger partial charge in [-0.15, -0.1) is 0 Å². The highest BCUT2D eigenvalue weighted by molar-refractivity contribution is 7.77. The van der Waals surface area contributed by atoms with E-state index in [2.05, 4.69) is 4.98 Å². The molecule has 0 saturated carbocycles. The van der Waals surface area contributed by atoms with Crippen molar-refractivity contribution in [3.8, 4) is 0 Å². The maximum absolute atomic E-state index is 10.9. The first-order valence-corrected chi connectivity index (χ1v) is 6.90. The first-order chi connectivity index (χ1) is 7.14. The Balaban J connectivity index is 3.49. The van der Waals surface area contributed by atoms with E-state index >= 15 is 0 Å². The van der Waals surface area contributed by atoms with Crippen molar-refractivity contribution in [3.63, 3.8) is 0 Å². The lowest BCUT2D eigenvalue weighted by Crippen LogP contribution is -2.00. The lowest BCUT2D eigenvalue weighted by atomic mass is 10.8. The van der Waals surface area contributed by atoms with Gasteiger partial charge in [0.15, 0.2) is 0 Å². The quantitative estimate of drug-likeness (QED) is 0.376. The molecule has 0 aliphatic rings. The Morgan fingerprint density at radius 3 is 1.94 bits per heavy atom. The van der Waals surface area contributed by atoms with Gasteiger partial charge in [0.25, 0.3) is 0 Å². The number of rotatable bonds is 3. The summed E-state index contributed by atoms with van der Waals surface area (Å²) in [7, 11) is -10.6. The van der Waals surface area contributed by atoms with Gasteiger partial charge >= 0.3 is 15.2 Å². The Kier molecular flexibility index (Phi) is 3.39. The molecule has 0 bridgehead atoms. The van der Waals surface area contributed by atoms with Gasteiger partial charge in [-0.05, 0) is 0 Å². The van der Waals surface area contributed by atoms with Crippen molar-refractivity contribution in [2.45, 2.75) is 0 Å². The van der Waals surface area contributed by atoms with Crippen LogP contribution in [0.1, 0.15) is 0 Å². The molecule has 9 nitrogen and oxygen atoms in total. The van der Waals surface area contributed by atoms with Crippen LogP contribution in [0, 0.1) is 0 Å². The molecule has 0 unspecified atom stereocenters. The van der Waals surface area contributed by atoms with Gasteiger partial charge in [-0.1, -0.05) is 0 Å². The molecule has 1 rings (SSSR count). The molecule has 1 aromatic heterocycles. The standard InChI is InChI=1S/C5H8N2O7P2/c8-4(7-2-1-6-3-7)5(15(9,10)11)16(12,13)14/h1-3,8H,(H2,9,10,11)(H2,12,13,14). The number of imidazole rings is 1. The number of aromatic nitrogens is 2. The number of aliphatic hydroxyl groups excluding tert-OH is 1. The van der Waals surface area contributed by atoms with Crippen LogP contribution in [0.5, 0.6) is 0 Å². The normalized spacial score (nSPS) is 12.5. The van der Waals surface area contributed by atoms with Crippen LogP contribution in [0.4, 0.5) is 0 Å². The molecule has 0 fully saturated rings. The Morgan fingerprint density at radius 1 is 1.12 bits per heavy atom. The van der Waals surface area contributed by atoms with Crippen LogP contribution in [-0.2, 0) is 9.13 Å². The molecule has 16 heavy (non-hydrogen) atoms. The molecule has 0 spiro atoms. The largest absolute Gasteiger partial charge is 0.493 e. The van der Waals surface area contributed by atoms with Crippen LogP contribution >= 0.6 is 15.2 Å². The van der Waals surface area contributed by atoms with Crippen LogP contribution in [0.3, 0.4) is 0 Å². The molecule has 1 aromatic rings. The minimum atomic E-state index is -5.28. The summed E-state index contributed by atoms with van der Waals surface area (Å²) in [5.41, 5.74) is 0. The van der Waals surface area contributed by atoms with Crippen LogP contribution in [0.25, 0.3) is 5.88 Å². The highest BCUT2D eigenvalue weighted by atomic mass is 31.2. The molecule has 0 atom stereocenters. The number of aliphatic hydroxyl groups is 1. The maximum Gasteiger partial charge on any atom is 0.369 e. The van der Waals surface area contributed by atoms with Gasteiger partial charge in [-0.25, -0.2) is 4.98 Å². The molecule has 11 heteroatoms. The Bertz CT molecular complexity index is 471. The summed E-state index contributed by atoms with van der Waals surface area (Å²) in [6, 6.07) is 0. The summed E-state index contributed by atoms with van der Waals surface area (Å²) in [5.74, 6) is -1.24. The molecule has 0 radical (unpaired) electrons. The monoisotopic (exact) mass is 270 g/mol. The van der Waals surface area contributed by atoms with Gasteiger partial charge in [0.05, 0.1) is 0 Å². The van der Waals surface area contributed by atoms with Crippen molar-refractivity contribution >= 4 is 21.1 Å². The first-order valence-electron chi connectivity index (χ1n) is 3.68. The van der Waals surface area contributed by atoms with Crippen LogP contribution in [0.15, 0.2) is 23.8 Å². The molecule has 0 aromatic carbocycles. The van der Waals surface area contributed by atoms with E-state index in [4.69, 9.17) is 19.6 Å². The van der Waals surface area contributed by atoms with E-state index in [9.17, 15) is 14.2 Å². The average Bonchev–Trinajstić information content (AvgIpc) is 2.48. The van der Waals surface area contributed by atoms with E-state index in [1.807, 2.05) is 0 Å². The molecule has 1 heterocycles. The van der Waals surface area contributed by atoms with Gasteiger partial charge in [0.1, 0.15) is 6.33 Å². The first kappa shape index (κ1) is 13.1. The summed E-state index contributed by atoms with van der Waals surface area (Å²) in [6.07, 6.45) is 3.16. The van der Waals surface area contributed by atoms with E-state index < -0.39 is 26.1 Å². The average molecular weight is 270 g/mol. The van der Waals surface area contributed by atoms with Gasteiger partial charge in [-0.3, -0.25) is 13.7 Å². The number of hydrogen-bond acceptors (Lipinski definition) is 4. The van der Waals surface area contributed by atoms with Gasteiger partial charge in [-0.2, -0.15) is 0 Å². The zero-order valence-corrected chi connectivity index (χ0v) is 9.36. The predicted octanol–water partition coefficient (Wildman–Crippen LogP) is -0.120. The molecular formula is C5H8N2O7P2.